The summed E-state index contributed by atoms with van der Waals surface area (Å²) in [5.41, 5.74) is -0.640. The van der Waals surface area contributed by atoms with Crippen LogP contribution in [0.2, 0.25) is 0 Å². The van der Waals surface area contributed by atoms with Crippen molar-refractivity contribution < 1.29 is 14.7 Å². The van der Waals surface area contributed by atoms with Crippen molar-refractivity contribution in [2.75, 3.05) is 0 Å². The molecule has 1 aliphatic rings. The van der Waals surface area contributed by atoms with E-state index in [0.29, 0.717) is 0 Å². The Morgan fingerprint density at radius 1 is 1.31 bits per heavy atom. The first-order chi connectivity index (χ1) is 7.14. The molecule has 1 atom stereocenters. The zero-order valence-electron chi connectivity index (χ0n) is 10.3. The second kappa shape index (κ2) is 3.96. The van der Waals surface area contributed by atoms with Crippen LogP contribution in [0.3, 0.4) is 0 Å². The molecule has 2 amide bonds. The van der Waals surface area contributed by atoms with Gasteiger partial charge in [0.1, 0.15) is 6.04 Å². The van der Waals surface area contributed by atoms with E-state index < -0.39 is 23.5 Å². The van der Waals surface area contributed by atoms with E-state index in [1.54, 1.807) is 20.8 Å². The van der Waals surface area contributed by atoms with Crippen molar-refractivity contribution in [3.05, 3.63) is 0 Å². The molecule has 0 aromatic rings. The molecule has 5 nitrogen and oxygen atoms in total. The van der Waals surface area contributed by atoms with Crippen LogP contribution in [0, 0.1) is 5.41 Å². The SMILES string of the molecule is CC1(NC(=O)N[C@@H](C(=O)O)C(C)(C)C)CC1. The monoisotopic (exact) mass is 228 g/mol. The van der Waals surface area contributed by atoms with Gasteiger partial charge in [0.25, 0.3) is 0 Å². The molecule has 0 aliphatic heterocycles. The number of carbonyl (C=O) groups excluding carboxylic acids is 1. The molecule has 0 bridgehead atoms. The molecular weight excluding hydrogens is 208 g/mol. The number of carbonyl (C=O) groups is 2. The normalized spacial score (nSPS) is 19.8. The number of carboxylic acid groups (broad SMARTS) is 1. The summed E-state index contributed by atoms with van der Waals surface area (Å²) in [5.74, 6) is -1.01. The molecule has 1 saturated carbocycles. The van der Waals surface area contributed by atoms with Gasteiger partial charge in [0.15, 0.2) is 0 Å². The van der Waals surface area contributed by atoms with E-state index in [2.05, 4.69) is 10.6 Å². The minimum atomic E-state index is -1.01. The smallest absolute Gasteiger partial charge is 0.326 e. The Labute approximate surface area is 95.6 Å². The number of amides is 2. The van der Waals surface area contributed by atoms with Crippen molar-refractivity contribution in [2.24, 2.45) is 5.41 Å². The van der Waals surface area contributed by atoms with E-state index in [9.17, 15) is 9.59 Å². The third-order valence-electron chi connectivity index (χ3n) is 2.80. The van der Waals surface area contributed by atoms with Gasteiger partial charge in [-0.05, 0) is 25.2 Å². The van der Waals surface area contributed by atoms with Gasteiger partial charge in [-0.25, -0.2) is 9.59 Å². The van der Waals surface area contributed by atoms with Crippen LogP contribution in [0.4, 0.5) is 4.79 Å². The lowest BCUT2D eigenvalue weighted by atomic mass is 9.87. The van der Waals surface area contributed by atoms with Gasteiger partial charge in [0.05, 0.1) is 0 Å². The average Bonchev–Trinajstić information content (AvgIpc) is 2.76. The van der Waals surface area contributed by atoms with Crippen molar-refractivity contribution >= 4 is 12.0 Å². The lowest BCUT2D eigenvalue weighted by Crippen LogP contribution is -2.54. The van der Waals surface area contributed by atoms with Crippen LogP contribution < -0.4 is 10.6 Å². The molecule has 1 fully saturated rings. The highest BCUT2D eigenvalue weighted by molar-refractivity contribution is 5.83. The summed E-state index contributed by atoms with van der Waals surface area (Å²) in [4.78, 5) is 22.6. The Morgan fingerprint density at radius 3 is 2.12 bits per heavy atom. The number of carboxylic acids is 1. The highest BCUT2D eigenvalue weighted by atomic mass is 16.4. The Bertz CT molecular complexity index is 303. The number of aliphatic carboxylic acids is 1. The van der Waals surface area contributed by atoms with Gasteiger partial charge in [-0.2, -0.15) is 0 Å². The first-order valence-electron chi connectivity index (χ1n) is 5.45. The first kappa shape index (κ1) is 12.8. The van der Waals surface area contributed by atoms with Crippen LogP contribution in [0.1, 0.15) is 40.5 Å². The maximum absolute atomic E-state index is 11.6. The van der Waals surface area contributed by atoms with Crippen LogP contribution in [-0.4, -0.2) is 28.7 Å². The predicted molar refractivity (Wildman–Crippen MR) is 60.2 cm³/mol. The fraction of sp³-hybridized carbons (Fsp3) is 0.818. The fourth-order valence-corrected chi connectivity index (χ4v) is 1.40. The molecule has 1 rings (SSSR count). The molecule has 0 radical (unpaired) electrons. The van der Waals surface area contributed by atoms with E-state index in [0.717, 1.165) is 12.8 Å². The molecule has 0 saturated heterocycles. The molecule has 1 aliphatic carbocycles. The highest BCUT2D eigenvalue weighted by Crippen LogP contribution is 2.34. The van der Waals surface area contributed by atoms with Crippen LogP contribution in [-0.2, 0) is 4.79 Å². The zero-order chi connectivity index (χ0) is 12.6. The van der Waals surface area contributed by atoms with Gasteiger partial charge in [-0.15, -0.1) is 0 Å². The molecule has 0 aromatic heterocycles. The second-order valence-corrected chi connectivity index (χ2v) is 5.80. The predicted octanol–water partition coefficient (Wildman–Crippen LogP) is 1.34. The van der Waals surface area contributed by atoms with E-state index in [1.165, 1.54) is 0 Å². The van der Waals surface area contributed by atoms with Crippen LogP contribution >= 0.6 is 0 Å². The lowest BCUT2D eigenvalue weighted by Gasteiger charge is -2.28. The summed E-state index contributed by atoms with van der Waals surface area (Å²) in [7, 11) is 0. The van der Waals surface area contributed by atoms with Crippen molar-refractivity contribution in [1.82, 2.24) is 10.6 Å². The quantitative estimate of drug-likeness (QED) is 0.682. The molecular formula is C11H20N2O3. The number of urea groups is 1. The van der Waals surface area contributed by atoms with Crippen LogP contribution in [0.15, 0.2) is 0 Å². The largest absolute Gasteiger partial charge is 0.480 e. The minimum Gasteiger partial charge on any atom is -0.480 e. The summed E-state index contributed by atoms with van der Waals surface area (Å²) in [5, 5.41) is 14.3. The van der Waals surface area contributed by atoms with Gasteiger partial charge in [-0.1, -0.05) is 20.8 Å². The van der Waals surface area contributed by atoms with E-state index in [4.69, 9.17) is 5.11 Å². The van der Waals surface area contributed by atoms with Crippen molar-refractivity contribution in [3.63, 3.8) is 0 Å². The number of hydrogen-bond donors (Lipinski definition) is 3. The summed E-state index contributed by atoms with van der Waals surface area (Å²) >= 11 is 0. The Kier molecular flexibility index (Phi) is 3.17. The third-order valence-corrected chi connectivity index (χ3v) is 2.80. The molecule has 5 heteroatoms. The highest BCUT2D eigenvalue weighted by Gasteiger charge is 2.40. The molecule has 0 spiro atoms. The summed E-state index contributed by atoms with van der Waals surface area (Å²) in [6.07, 6.45) is 1.90. The number of nitrogens with one attached hydrogen (secondary N) is 2. The third kappa shape index (κ3) is 3.40. The average molecular weight is 228 g/mol. The molecule has 16 heavy (non-hydrogen) atoms. The molecule has 0 heterocycles. The molecule has 92 valence electrons. The van der Waals surface area contributed by atoms with E-state index in [-0.39, 0.29) is 5.54 Å². The first-order valence-corrected chi connectivity index (χ1v) is 5.45. The standard InChI is InChI=1S/C11H20N2O3/c1-10(2,3)7(8(14)15)12-9(16)13-11(4)5-6-11/h7H,5-6H2,1-4H3,(H,14,15)(H2,12,13,16)/t7-/m0/s1. The fourth-order valence-electron chi connectivity index (χ4n) is 1.40. The van der Waals surface area contributed by atoms with Gasteiger partial charge in [-0.3, -0.25) is 0 Å². The van der Waals surface area contributed by atoms with Crippen LogP contribution in [0.25, 0.3) is 0 Å². The summed E-state index contributed by atoms with van der Waals surface area (Å²) < 4.78 is 0. The Hall–Kier alpha value is -1.26. The number of hydrogen-bond acceptors (Lipinski definition) is 2. The molecule has 0 aromatic carbocycles. The molecule has 0 unspecified atom stereocenters. The van der Waals surface area contributed by atoms with Crippen molar-refractivity contribution in [3.8, 4) is 0 Å². The van der Waals surface area contributed by atoms with Gasteiger partial charge < -0.3 is 15.7 Å². The topological polar surface area (TPSA) is 78.4 Å². The van der Waals surface area contributed by atoms with E-state index >= 15 is 0 Å². The van der Waals surface area contributed by atoms with Crippen molar-refractivity contribution in [1.29, 1.82) is 0 Å². The summed E-state index contributed by atoms with van der Waals surface area (Å²) in [6, 6.07) is -1.28. The van der Waals surface area contributed by atoms with Gasteiger partial charge in [0, 0.05) is 5.54 Å². The maximum Gasteiger partial charge on any atom is 0.326 e. The Morgan fingerprint density at radius 2 is 1.81 bits per heavy atom. The minimum absolute atomic E-state index is 0.134. The lowest BCUT2D eigenvalue weighted by molar-refractivity contribution is -0.141. The second-order valence-electron chi connectivity index (χ2n) is 5.80. The van der Waals surface area contributed by atoms with Crippen LogP contribution in [0.5, 0.6) is 0 Å². The number of rotatable bonds is 3. The van der Waals surface area contributed by atoms with Gasteiger partial charge in [0.2, 0.25) is 0 Å². The molecule has 3 N–H and O–H groups in total. The van der Waals surface area contributed by atoms with E-state index in [1.807, 2.05) is 6.92 Å². The Balaban J connectivity index is 2.55. The van der Waals surface area contributed by atoms with Gasteiger partial charge >= 0.3 is 12.0 Å². The van der Waals surface area contributed by atoms with Crippen molar-refractivity contribution in [2.45, 2.75) is 52.1 Å². The zero-order valence-corrected chi connectivity index (χ0v) is 10.3. The summed E-state index contributed by atoms with van der Waals surface area (Å²) in [6.45, 7) is 7.29. The maximum atomic E-state index is 11.6.